The van der Waals surface area contributed by atoms with E-state index in [4.69, 9.17) is 10.5 Å². The normalized spacial score (nSPS) is 13.0. The highest BCUT2D eigenvalue weighted by atomic mass is 19.1. The van der Waals surface area contributed by atoms with E-state index in [1.54, 1.807) is 18.3 Å². The summed E-state index contributed by atoms with van der Waals surface area (Å²) in [5, 5.41) is 4.66. The SMILES string of the molecule is COc1cnc(-c2nn(Cc3ccccc3F)c3c2CCC3)nc1N. The average molecular weight is 339 g/mol. The molecule has 6 nitrogen and oxygen atoms in total. The number of fused-ring (bicyclic) bond motifs is 1. The van der Waals surface area contributed by atoms with E-state index < -0.39 is 0 Å². The maximum Gasteiger partial charge on any atom is 0.182 e. The smallest absolute Gasteiger partial charge is 0.182 e. The van der Waals surface area contributed by atoms with Crippen LogP contribution in [0, 0.1) is 5.82 Å². The van der Waals surface area contributed by atoms with Crippen molar-refractivity contribution in [1.29, 1.82) is 0 Å². The topological polar surface area (TPSA) is 78.9 Å². The molecule has 0 saturated carbocycles. The first kappa shape index (κ1) is 15.6. The van der Waals surface area contributed by atoms with Gasteiger partial charge in [-0.15, -0.1) is 0 Å². The van der Waals surface area contributed by atoms with Gasteiger partial charge in [0.15, 0.2) is 17.4 Å². The molecular formula is C18H18FN5O. The first-order valence-electron chi connectivity index (χ1n) is 8.16. The molecule has 2 N–H and O–H groups in total. The van der Waals surface area contributed by atoms with Gasteiger partial charge in [-0.3, -0.25) is 4.68 Å². The number of nitrogen functional groups attached to an aromatic ring is 1. The lowest BCUT2D eigenvalue weighted by atomic mass is 10.2. The van der Waals surface area contributed by atoms with Crippen LogP contribution in [0.2, 0.25) is 0 Å². The molecule has 0 unspecified atom stereocenters. The number of aromatic nitrogens is 4. The number of halogens is 1. The minimum Gasteiger partial charge on any atom is -0.491 e. The molecule has 2 heterocycles. The highest BCUT2D eigenvalue weighted by molar-refractivity contribution is 5.61. The second-order valence-corrected chi connectivity index (χ2v) is 6.02. The number of hydrogen-bond acceptors (Lipinski definition) is 5. The monoisotopic (exact) mass is 339 g/mol. The standard InChI is InChI=1S/C18H18FN5O/c1-25-15-9-21-18(22-17(15)20)16-12-6-4-8-14(12)24(23-16)10-11-5-2-3-7-13(11)19/h2-3,5,7,9H,4,6,8,10H2,1H3,(H2,20,21,22). The van der Waals surface area contributed by atoms with Crippen molar-refractivity contribution >= 4 is 5.82 Å². The van der Waals surface area contributed by atoms with Crippen molar-refractivity contribution in [2.75, 3.05) is 12.8 Å². The highest BCUT2D eigenvalue weighted by Gasteiger charge is 2.25. The quantitative estimate of drug-likeness (QED) is 0.790. The summed E-state index contributed by atoms with van der Waals surface area (Å²) in [5.41, 5.74) is 9.48. The average Bonchev–Trinajstić information content (AvgIpc) is 3.20. The summed E-state index contributed by atoms with van der Waals surface area (Å²) >= 11 is 0. The van der Waals surface area contributed by atoms with Gasteiger partial charge in [0, 0.05) is 16.8 Å². The fourth-order valence-corrected chi connectivity index (χ4v) is 3.26. The fraction of sp³-hybridized carbons (Fsp3) is 0.278. The van der Waals surface area contributed by atoms with Gasteiger partial charge in [-0.25, -0.2) is 14.4 Å². The van der Waals surface area contributed by atoms with Crippen LogP contribution in [0.4, 0.5) is 10.2 Å². The summed E-state index contributed by atoms with van der Waals surface area (Å²) < 4.78 is 21.0. The molecule has 0 amide bonds. The van der Waals surface area contributed by atoms with E-state index in [9.17, 15) is 4.39 Å². The zero-order valence-corrected chi connectivity index (χ0v) is 13.9. The Morgan fingerprint density at radius 1 is 1.28 bits per heavy atom. The van der Waals surface area contributed by atoms with E-state index in [1.807, 2.05) is 10.7 Å². The Hall–Kier alpha value is -2.96. The number of nitrogens with two attached hydrogens (primary N) is 1. The van der Waals surface area contributed by atoms with Gasteiger partial charge in [0.25, 0.3) is 0 Å². The zero-order chi connectivity index (χ0) is 17.4. The fourth-order valence-electron chi connectivity index (χ4n) is 3.26. The largest absolute Gasteiger partial charge is 0.491 e. The third-order valence-corrected chi connectivity index (χ3v) is 4.50. The minimum atomic E-state index is -0.226. The molecule has 0 fully saturated rings. The summed E-state index contributed by atoms with van der Waals surface area (Å²) in [5.74, 6) is 0.967. The summed E-state index contributed by atoms with van der Waals surface area (Å²) in [6, 6.07) is 6.76. The van der Waals surface area contributed by atoms with Gasteiger partial charge in [-0.2, -0.15) is 5.10 Å². The number of nitrogens with zero attached hydrogens (tertiary/aromatic N) is 4. The summed E-state index contributed by atoms with van der Waals surface area (Å²) in [6.07, 6.45) is 4.43. The molecule has 128 valence electrons. The van der Waals surface area contributed by atoms with E-state index in [2.05, 4.69) is 15.1 Å². The number of anilines is 1. The summed E-state index contributed by atoms with van der Waals surface area (Å²) in [4.78, 5) is 8.65. The number of benzene rings is 1. The first-order valence-corrected chi connectivity index (χ1v) is 8.16. The molecular weight excluding hydrogens is 321 g/mol. The van der Waals surface area contributed by atoms with Crippen molar-refractivity contribution in [3.63, 3.8) is 0 Å². The Morgan fingerprint density at radius 3 is 2.88 bits per heavy atom. The Kier molecular flexibility index (Phi) is 3.83. The van der Waals surface area contributed by atoms with Crippen LogP contribution in [0.1, 0.15) is 23.2 Å². The molecule has 0 atom stereocenters. The molecule has 1 aromatic carbocycles. The van der Waals surface area contributed by atoms with Crippen LogP contribution in [0.3, 0.4) is 0 Å². The molecule has 0 aliphatic heterocycles. The predicted octanol–water partition coefficient (Wildman–Crippen LogP) is 2.61. The summed E-state index contributed by atoms with van der Waals surface area (Å²) in [7, 11) is 1.52. The minimum absolute atomic E-state index is 0.226. The van der Waals surface area contributed by atoms with Gasteiger partial charge < -0.3 is 10.5 Å². The van der Waals surface area contributed by atoms with Gasteiger partial charge in [0.1, 0.15) is 11.5 Å². The van der Waals surface area contributed by atoms with Crippen LogP contribution in [0.15, 0.2) is 30.5 Å². The molecule has 25 heavy (non-hydrogen) atoms. The van der Waals surface area contributed by atoms with E-state index in [0.29, 0.717) is 23.7 Å². The Bertz CT molecular complexity index is 937. The molecule has 0 spiro atoms. The van der Waals surface area contributed by atoms with Gasteiger partial charge >= 0.3 is 0 Å². The third-order valence-electron chi connectivity index (χ3n) is 4.50. The van der Waals surface area contributed by atoms with Crippen LogP contribution in [-0.4, -0.2) is 26.9 Å². The molecule has 0 radical (unpaired) electrons. The van der Waals surface area contributed by atoms with Crippen LogP contribution in [0.5, 0.6) is 5.75 Å². The van der Waals surface area contributed by atoms with E-state index in [0.717, 1.165) is 36.2 Å². The van der Waals surface area contributed by atoms with Crippen molar-refractivity contribution in [2.45, 2.75) is 25.8 Å². The van der Waals surface area contributed by atoms with Gasteiger partial charge in [0.05, 0.1) is 19.9 Å². The van der Waals surface area contributed by atoms with Crippen LogP contribution in [-0.2, 0) is 19.4 Å². The molecule has 7 heteroatoms. The van der Waals surface area contributed by atoms with Crippen LogP contribution < -0.4 is 10.5 Å². The molecule has 1 aliphatic carbocycles. The number of rotatable bonds is 4. The second kappa shape index (κ2) is 6.16. The molecule has 0 saturated heterocycles. The van der Waals surface area contributed by atoms with Crippen LogP contribution >= 0.6 is 0 Å². The van der Waals surface area contributed by atoms with Gasteiger partial charge in [-0.05, 0) is 25.3 Å². The molecule has 3 aromatic rings. The maximum atomic E-state index is 14.0. The Labute approximate surface area is 144 Å². The number of ether oxygens (including phenoxy) is 1. The first-order chi connectivity index (χ1) is 12.2. The maximum absolute atomic E-state index is 14.0. The van der Waals surface area contributed by atoms with Crippen molar-refractivity contribution in [2.24, 2.45) is 0 Å². The Balaban J connectivity index is 1.76. The van der Waals surface area contributed by atoms with Gasteiger partial charge in [0.2, 0.25) is 0 Å². The van der Waals surface area contributed by atoms with E-state index >= 15 is 0 Å². The van der Waals surface area contributed by atoms with Crippen molar-refractivity contribution < 1.29 is 9.13 Å². The third kappa shape index (κ3) is 2.71. The molecule has 1 aliphatic rings. The van der Waals surface area contributed by atoms with Crippen molar-refractivity contribution in [1.82, 2.24) is 19.7 Å². The highest BCUT2D eigenvalue weighted by Crippen LogP contribution is 2.32. The lowest BCUT2D eigenvalue weighted by molar-refractivity contribution is 0.413. The zero-order valence-electron chi connectivity index (χ0n) is 13.9. The molecule has 4 rings (SSSR count). The summed E-state index contributed by atoms with van der Waals surface area (Å²) in [6.45, 7) is 0.390. The predicted molar refractivity (Wildman–Crippen MR) is 91.7 cm³/mol. The molecule has 0 bridgehead atoms. The lowest BCUT2D eigenvalue weighted by Gasteiger charge is -2.07. The molecule has 2 aromatic heterocycles. The van der Waals surface area contributed by atoms with Crippen molar-refractivity contribution in [3.8, 4) is 17.3 Å². The van der Waals surface area contributed by atoms with E-state index in [-0.39, 0.29) is 11.6 Å². The Morgan fingerprint density at radius 2 is 2.12 bits per heavy atom. The van der Waals surface area contributed by atoms with Gasteiger partial charge in [-0.1, -0.05) is 18.2 Å². The van der Waals surface area contributed by atoms with Crippen LogP contribution in [0.25, 0.3) is 11.5 Å². The second-order valence-electron chi connectivity index (χ2n) is 6.02. The van der Waals surface area contributed by atoms with E-state index in [1.165, 1.54) is 13.2 Å². The van der Waals surface area contributed by atoms with Crippen molar-refractivity contribution in [3.05, 3.63) is 53.1 Å². The number of hydrogen-bond donors (Lipinski definition) is 1. The lowest BCUT2D eigenvalue weighted by Crippen LogP contribution is -2.07. The number of methoxy groups -OCH3 is 1.